The fraction of sp³-hybridized carbons (Fsp3) is 0.222. The maximum absolute atomic E-state index is 13.3. The van der Waals surface area contributed by atoms with Gasteiger partial charge < -0.3 is 14.8 Å². The molecule has 0 spiro atoms. The molecule has 3 aromatic carbocycles. The van der Waals surface area contributed by atoms with E-state index >= 15 is 0 Å². The molecule has 1 N–H and O–H groups in total. The van der Waals surface area contributed by atoms with Crippen molar-refractivity contribution in [3.63, 3.8) is 0 Å². The van der Waals surface area contributed by atoms with Gasteiger partial charge in [0.05, 0.1) is 19.9 Å². The van der Waals surface area contributed by atoms with Gasteiger partial charge in [-0.1, -0.05) is 72.4 Å². The molecule has 1 aliphatic carbocycles. The Kier molecular flexibility index (Phi) is 6.72. The lowest BCUT2D eigenvalue weighted by Gasteiger charge is -2.18. The average molecular weight is 487 g/mol. The van der Waals surface area contributed by atoms with Crippen molar-refractivity contribution in [3.8, 4) is 28.6 Å². The summed E-state index contributed by atoms with van der Waals surface area (Å²) in [7, 11) is 3.21. The van der Waals surface area contributed by atoms with E-state index in [1.807, 2.05) is 83.4 Å². The minimum Gasteiger partial charge on any atom is -0.493 e. The number of benzene rings is 3. The number of thioether (sulfide) groups is 1. The van der Waals surface area contributed by atoms with Gasteiger partial charge in [-0.15, -0.1) is 10.2 Å². The van der Waals surface area contributed by atoms with Crippen molar-refractivity contribution < 1.29 is 14.3 Å². The Hall–Kier alpha value is -3.78. The third-order valence-corrected chi connectivity index (χ3v) is 6.98. The van der Waals surface area contributed by atoms with Crippen molar-refractivity contribution in [2.75, 3.05) is 14.2 Å². The van der Waals surface area contributed by atoms with Crippen molar-refractivity contribution in [2.45, 2.75) is 29.3 Å². The summed E-state index contributed by atoms with van der Waals surface area (Å²) in [5.74, 6) is 1.88. The van der Waals surface area contributed by atoms with Crippen LogP contribution < -0.4 is 14.8 Å². The Morgan fingerprint density at radius 3 is 2.29 bits per heavy atom. The Morgan fingerprint density at radius 2 is 1.63 bits per heavy atom. The number of carbonyl (C=O) groups is 1. The first-order valence-corrected chi connectivity index (χ1v) is 12.3. The molecular weight excluding hydrogens is 460 g/mol. The molecular formula is C27H26N4O3S. The van der Waals surface area contributed by atoms with Gasteiger partial charge in [-0.3, -0.25) is 9.36 Å². The summed E-state index contributed by atoms with van der Waals surface area (Å²) in [5, 5.41) is 12.4. The average Bonchev–Trinajstić information content (AvgIpc) is 3.63. The molecule has 1 heterocycles. The van der Waals surface area contributed by atoms with E-state index in [-0.39, 0.29) is 11.9 Å². The van der Waals surface area contributed by atoms with E-state index in [0.29, 0.717) is 22.5 Å². The highest BCUT2D eigenvalue weighted by Crippen LogP contribution is 2.39. The monoisotopic (exact) mass is 486 g/mol. The van der Waals surface area contributed by atoms with Crippen LogP contribution in [0.2, 0.25) is 0 Å². The number of methoxy groups -OCH3 is 2. The second kappa shape index (κ2) is 10.2. The molecule has 178 valence electrons. The van der Waals surface area contributed by atoms with Crippen molar-refractivity contribution in [3.05, 3.63) is 84.4 Å². The molecule has 0 aliphatic heterocycles. The largest absolute Gasteiger partial charge is 0.493 e. The maximum atomic E-state index is 13.3. The molecule has 5 rings (SSSR count). The third kappa shape index (κ3) is 5.02. The molecule has 4 aromatic rings. The highest BCUT2D eigenvalue weighted by Gasteiger charge is 2.31. The number of amides is 1. The number of rotatable bonds is 9. The van der Waals surface area contributed by atoms with Gasteiger partial charge in [0.1, 0.15) is 5.25 Å². The lowest BCUT2D eigenvalue weighted by molar-refractivity contribution is -0.120. The molecule has 0 saturated heterocycles. The van der Waals surface area contributed by atoms with Gasteiger partial charge >= 0.3 is 0 Å². The smallest absolute Gasteiger partial charge is 0.238 e. The number of aromatic nitrogens is 3. The lowest BCUT2D eigenvalue weighted by Crippen LogP contribution is -2.29. The second-order valence-corrected chi connectivity index (χ2v) is 9.31. The first kappa shape index (κ1) is 23.0. The van der Waals surface area contributed by atoms with Gasteiger partial charge in [0.15, 0.2) is 22.5 Å². The Labute approximate surface area is 208 Å². The zero-order valence-electron chi connectivity index (χ0n) is 19.5. The second-order valence-electron chi connectivity index (χ2n) is 8.24. The van der Waals surface area contributed by atoms with Crippen LogP contribution in [0.1, 0.15) is 23.7 Å². The first-order chi connectivity index (χ1) is 17.2. The van der Waals surface area contributed by atoms with Crippen molar-refractivity contribution >= 4 is 17.7 Å². The van der Waals surface area contributed by atoms with E-state index < -0.39 is 5.25 Å². The van der Waals surface area contributed by atoms with Crippen LogP contribution in [0.15, 0.2) is 84.0 Å². The van der Waals surface area contributed by atoms with E-state index in [2.05, 4.69) is 15.5 Å². The lowest BCUT2D eigenvalue weighted by atomic mass is 10.1. The number of nitrogens with one attached hydrogen (secondary N) is 1. The molecule has 0 radical (unpaired) electrons. The molecule has 35 heavy (non-hydrogen) atoms. The molecule has 1 amide bonds. The summed E-state index contributed by atoms with van der Waals surface area (Å²) in [4.78, 5) is 13.3. The minimum atomic E-state index is -0.469. The number of ether oxygens (including phenoxy) is 2. The van der Waals surface area contributed by atoms with Crippen LogP contribution in [-0.2, 0) is 4.79 Å². The first-order valence-electron chi connectivity index (χ1n) is 11.4. The van der Waals surface area contributed by atoms with Crippen LogP contribution in [-0.4, -0.2) is 40.9 Å². The molecule has 1 saturated carbocycles. The van der Waals surface area contributed by atoms with Gasteiger partial charge in [-0.05, 0) is 30.5 Å². The predicted molar refractivity (Wildman–Crippen MR) is 136 cm³/mol. The van der Waals surface area contributed by atoms with Crippen LogP contribution in [0.4, 0.5) is 0 Å². The zero-order chi connectivity index (χ0) is 24.2. The summed E-state index contributed by atoms with van der Waals surface area (Å²) in [6.07, 6.45) is 2.05. The molecule has 1 unspecified atom stereocenters. The van der Waals surface area contributed by atoms with Crippen molar-refractivity contribution in [1.82, 2.24) is 20.1 Å². The quantitative estimate of drug-likeness (QED) is 0.333. The number of hydrogen-bond acceptors (Lipinski definition) is 6. The predicted octanol–water partition coefficient (Wildman–Crippen LogP) is 5.06. The van der Waals surface area contributed by atoms with Gasteiger partial charge in [0, 0.05) is 17.7 Å². The van der Waals surface area contributed by atoms with Crippen molar-refractivity contribution in [2.24, 2.45) is 0 Å². The fourth-order valence-corrected chi connectivity index (χ4v) is 4.89. The standard InChI is InChI=1S/C27H26N4O3S/c1-33-22-16-15-21(17-23(22)34-2)31-25(19-11-7-4-8-12-19)29-30-27(31)35-24(18-9-5-3-6-10-18)26(32)28-20-13-14-20/h3-12,15-17,20,24H,13-14H2,1-2H3,(H,28,32). The summed E-state index contributed by atoms with van der Waals surface area (Å²) >= 11 is 1.39. The van der Waals surface area contributed by atoms with E-state index in [4.69, 9.17) is 9.47 Å². The Balaban J connectivity index is 1.60. The van der Waals surface area contributed by atoms with Crippen molar-refractivity contribution in [1.29, 1.82) is 0 Å². The van der Waals surface area contributed by atoms with E-state index in [1.54, 1.807) is 14.2 Å². The molecule has 1 atom stereocenters. The summed E-state index contributed by atoms with van der Waals surface area (Å²) in [5.41, 5.74) is 2.64. The number of hydrogen-bond donors (Lipinski definition) is 1. The zero-order valence-corrected chi connectivity index (χ0v) is 20.4. The van der Waals surface area contributed by atoms with Gasteiger partial charge in [0.2, 0.25) is 5.91 Å². The molecule has 1 aromatic heterocycles. The number of carbonyl (C=O) groups excluding carboxylic acids is 1. The fourth-order valence-electron chi connectivity index (χ4n) is 3.83. The Bertz CT molecular complexity index is 1310. The third-order valence-electron chi connectivity index (χ3n) is 5.78. The molecule has 8 heteroatoms. The van der Waals surface area contributed by atoms with Gasteiger partial charge in [-0.2, -0.15) is 0 Å². The van der Waals surface area contributed by atoms with Gasteiger partial charge in [0.25, 0.3) is 0 Å². The minimum absolute atomic E-state index is 0.0215. The van der Waals surface area contributed by atoms with Crippen LogP contribution >= 0.6 is 11.8 Å². The summed E-state index contributed by atoms with van der Waals surface area (Å²) < 4.78 is 12.9. The molecule has 1 aliphatic rings. The Morgan fingerprint density at radius 1 is 0.943 bits per heavy atom. The van der Waals surface area contributed by atoms with E-state index in [9.17, 15) is 4.79 Å². The van der Waals surface area contributed by atoms with Crippen LogP contribution in [0.3, 0.4) is 0 Å². The topological polar surface area (TPSA) is 78.3 Å². The van der Waals surface area contributed by atoms with Crippen LogP contribution in [0.25, 0.3) is 17.1 Å². The number of nitrogens with zero attached hydrogens (tertiary/aromatic N) is 3. The highest BCUT2D eigenvalue weighted by molar-refractivity contribution is 8.00. The van der Waals surface area contributed by atoms with Gasteiger partial charge in [-0.25, -0.2) is 0 Å². The van der Waals surface area contributed by atoms with Crippen LogP contribution in [0.5, 0.6) is 11.5 Å². The molecule has 1 fully saturated rings. The molecule has 7 nitrogen and oxygen atoms in total. The highest BCUT2D eigenvalue weighted by atomic mass is 32.2. The summed E-state index contributed by atoms with van der Waals surface area (Å²) in [6.45, 7) is 0. The van der Waals surface area contributed by atoms with Crippen LogP contribution in [0, 0.1) is 0 Å². The maximum Gasteiger partial charge on any atom is 0.238 e. The summed E-state index contributed by atoms with van der Waals surface area (Å²) in [6, 6.07) is 25.6. The molecule has 0 bridgehead atoms. The SMILES string of the molecule is COc1ccc(-n2c(SC(C(=O)NC3CC3)c3ccccc3)nnc2-c2ccccc2)cc1OC. The van der Waals surface area contributed by atoms with E-state index in [1.165, 1.54) is 11.8 Å². The normalized spacial score (nSPS) is 13.8. The van der Waals surface area contributed by atoms with E-state index in [0.717, 1.165) is 29.7 Å².